The second-order valence-electron chi connectivity index (χ2n) is 6.14. The lowest BCUT2D eigenvalue weighted by Gasteiger charge is -2.20. The van der Waals surface area contributed by atoms with Crippen LogP contribution in [0.2, 0.25) is 0 Å². The highest BCUT2D eigenvalue weighted by Gasteiger charge is 2.41. The number of hydrogen-bond donors (Lipinski definition) is 1. The van der Waals surface area contributed by atoms with E-state index in [2.05, 4.69) is 17.1 Å². The van der Waals surface area contributed by atoms with E-state index in [0.29, 0.717) is 50.5 Å². The Kier molecular flexibility index (Phi) is 5.15. The maximum absolute atomic E-state index is 12.1. The summed E-state index contributed by atoms with van der Waals surface area (Å²) in [5.74, 6) is 0.434. The van der Waals surface area contributed by atoms with Crippen LogP contribution < -0.4 is 0 Å². The van der Waals surface area contributed by atoms with Crippen LogP contribution in [0.3, 0.4) is 0 Å². The van der Waals surface area contributed by atoms with Crippen LogP contribution in [0.4, 0.5) is 0 Å². The van der Waals surface area contributed by atoms with Gasteiger partial charge in [0.15, 0.2) is 5.82 Å². The summed E-state index contributed by atoms with van der Waals surface area (Å²) in [5.41, 5.74) is -0.808. The van der Waals surface area contributed by atoms with E-state index in [1.165, 1.54) is 0 Å². The average molecular weight is 309 g/mol. The van der Waals surface area contributed by atoms with Crippen LogP contribution in [0.1, 0.15) is 51.2 Å². The highest BCUT2D eigenvalue weighted by atomic mass is 16.5. The first-order chi connectivity index (χ1) is 10.4. The second-order valence-corrected chi connectivity index (χ2v) is 6.14. The predicted octanol–water partition coefficient (Wildman–Crippen LogP) is 1.67. The summed E-state index contributed by atoms with van der Waals surface area (Å²) in [6.45, 7) is 4.55. The lowest BCUT2D eigenvalue weighted by atomic mass is 9.90. The number of aromatic nitrogens is 2. The largest absolute Gasteiger partial charge is 0.481 e. The Hall–Kier alpha value is -1.92. The summed E-state index contributed by atoms with van der Waals surface area (Å²) in [5, 5.41) is 13.1. The normalized spacial score (nSPS) is 21.3. The molecule has 1 fully saturated rings. The molecule has 1 amide bonds. The number of carbonyl (C=O) groups excluding carboxylic acids is 1. The molecule has 122 valence electrons. The Balaban J connectivity index is 1.75. The number of nitrogens with zero attached hydrogens (tertiary/aromatic N) is 3. The van der Waals surface area contributed by atoms with Gasteiger partial charge in [-0.3, -0.25) is 9.59 Å². The van der Waals surface area contributed by atoms with Crippen LogP contribution >= 0.6 is 0 Å². The molecule has 0 spiro atoms. The van der Waals surface area contributed by atoms with Gasteiger partial charge in [-0.15, -0.1) is 0 Å². The number of carboxylic acids is 1. The topological polar surface area (TPSA) is 96.5 Å². The zero-order valence-corrected chi connectivity index (χ0v) is 13.2. The third kappa shape index (κ3) is 3.84. The SMILES string of the molecule is CCCc1noc(CCCC(=O)N2CC[C@](C)(C(=O)O)C2)n1. The van der Waals surface area contributed by atoms with Gasteiger partial charge < -0.3 is 14.5 Å². The fourth-order valence-corrected chi connectivity index (χ4v) is 2.61. The van der Waals surface area contributed by atoms with E-state index in [-0.39, 0.29) is 5.91 Å². The molecule has 1 saturated heterocycles. The maximum atomic E-state index is 12.1. The van der Waals surface area contributed by atoms with E-state index in [1.54, 1.807) is 11.8 Å². The Labute approximate surface area is 129 Å². The van der Waals surface area contributed by atoms with Crippen molar-refractivity contribution < 1.29 is 19.2 Å². The number of carbonyl (C=O) groups is 2. The lowest BCUT2D eigenvalue weighted by molar-refractivity contribution is -0.147. The van der Waals surface area contributed by atoms with E-state index in [9.17, 15) is 14.7 Å². The highest BCUT2D eigenvalue weighted by molar-refractivity contribution is 5.80. The van der Waals surface area contributed by atoms with Gasteiger partial charge in [0.05, 0.1) is 5.41 Å². The molecule has 22 heavy (non-hydrogen) atoms. The number of hydrogen-bond acceptors (Lipinski definition) is 5. The zero-order chi connectivity index (χ0) is 16.2. The van der Waals surface area contributed by atoms with E-state index < -0.39 is 11.4 Å². The Morgan fingerprint density at radius 3 is 2.82 bits per heavy atom. The molecule has 1 aromatic heterocycles. The molecule has 0 aromatic carbocycles. The molecule has 0 unspecified atom stereocenters. The van der Waals surface area contributed by atoms with Gasteiger partial charge in [0, 0.05) is 32.4 Å². The predicted molar refractivity (Wildman–Crippen MR) is 78.2 cm³/mol. The van der Waals surface area contributed by atoms with Gasteiger partial charge in [-0.05, 0) is 26.2 Å². The Morgan fingerprint density at radius 1 is 1.41 bits per heavy atom. The molecule has 1 aliphatic rings. The fourth-order valence-electron chi connectivity index (χ4n) is 2.61. The van der Waals surface area contributed by atoms with Crippen molar-refractivity contribution >= 4 is 11.9 Å². The van der Waals surface area contributed by atoms with Gasteiger partial charge in [-0.1, -0.05) is 12.1 Å². The maximum Gasteiger partial charge on any atom is 0.311 e. The number of carboxylic acid groups (broad SMARTS) is 1. The van der Waals surface area contributed by atoms with Crippen molar-refractivity contribution in [2.45, 2.75) is 52.4 Å². The number of amides is 1. The first kappa shape index (κ1) is 16.5. The van der Waals surface area contributed by atoms with Gasteiger partial charge in [0.1, 0.15) is 0 Å². The Bertz CT molecular complexity index is 543. The van der Waals surface area contributed by atoms with Crippen molar-refractivity contribution in [2.24, 2.45) is 5.41 Å². The summed E-state index contributed by atoms with van der Waals surface area (Å²) < 4.78 is 5.13. The van der Waals surface area contributed by atoms with Crippen molar-refractivity contribution in [3.8, 4) is 0 Å². The molecule has 7 nitrogen and oxygen atoms in total. The van der Waals surface area contributed by atoms with Crippen LogP contribution in [0.15, 0.2) is 4.52 Å². The minimum Gasteiger partial charge on any atom is -0.481 e. The van der Waals surface area contributed by atoms with Gasteiger partial charge in [0.2, 0.25) is 11.8 Å². The minimum atomic E-state index is -0.836. The number of rotatable bonds is 7. The third-order valence-corrected chi connectivity index (χ3v) is 4.11. The van der Waals surface area contributed by atoms with Gasteiger partial charge >= 0.3 is 5.97 Å². The number of likely N-dealkylation sites (tertiary alicyclic amines) is 1. The molecule has 0 bridgehead atoms. The van der Waals surface area contributed by atoms with Crippen molar-refractivity contribution in [3.05, 3.63) is 11.7 Å². The van der Waals surface area contributed by atoms with Crippen LogP contribution in [-0.2, 0) is 22.4 Å². The molecule has 7 heteroatoms. The fraction of sp³-hybridized carbons (Fsp3) is 0.733. The van der Waals surface area contributed by atoms with Gasteiger partial charge in [-0.25, -0.2) is 0 Å². The second kappa shape index (κ2) is 6.89. The number of aliphatic carboxylic acids is 1. The molecule has 0 radical (unpaired) electrons. The quantitative estimate of drug-likeness (QED) is 0.823. The molecule has 0 saturated carbocycles. The molecule has 2 rings (SSSR count). The minimum absolute atomic E-state index is 0.00160. The van der Waals surface area contributed by atoms with E-state index in [4.69, 9.17) is 4.52 Å². The van der Waals surface area contributed by atoms with Crippen LogP contribution in [-0.4, -0.2) is 45.1 Å². The van der Waals surface area contributed by atoms with E-state index in [0.717, 1.165) is 12.8 Å². The average Bonchev–Trinajstić information content (AvgIpc) is 3.07. The number of aryl methyl sites for hydroxylation is 2. The first-order valence-corrected chi connectivity index (χ1v) is 7.77. The van der Waals surface area contributed by atoms with Crippen LogP contribution in [0.25, 0.3) is 0 Å². The van der Waals surface area contributed by atoms with Gasteiger partial charge in [-0.2, -0.15) is 4.98 Å². The van der Waals surface area contributed by atoms with Crippen LogP contribution in [0.5, 0.6) is 0 Å². The summed E-state index contributed by atoms with van der Waals surface area (Å²) in [6.07, 6.45) is 3.86. The molecular formula is C15H23N3O4. The third-order valence-electron chi connectivity index (χ3n) is 4.11. The molecule has 2 heterocycles. The summed E-state index contributed by atoms with van der Waals surface area (Å²) in [4.78, 5) is 29.2. The molecule has 1 aliphatic heterocycles. The zero-order valence-electron chi connectivity index (χ0n) is 13.2. The van der Waals surface area contributed by atoms with Crippen molar-refractivity contribution in [2.75, 3.05) is 13.1 Å². The summed E-state index contributed by atoms with van der Waals surface area (Å²) in [6, 6.07) is 0. The van der Waals surface area contributed by atoms with Gasteiger partial charge in [0.25, 0.3) is 0 Å². The summed E-state index contributed by atoms with van der Waals surface area (Å²) in [7, 11) is 0. The smallest absolute Gasteiger partial charge is 0.311 e. The van der Waals surface area contributed by atoms with Crippen molar-refractivity contribution in [1.29, 1.82) is 0 Å². The molecule has 1 aromatic rings. The van der Waals surface area contributed by atoms with Crippen molar-refractivity contribution in [1.82, 2.24) is 15.0 Å². The molecule has 0 aliphatic carbocycles. The lowest BCUT2D eigenvalue weighted by Crippen LogP contribution is -2.34. The Morgan fingerprint density at radius 2 is 2.18 bits per heavy atom. The monoisotopic (exact) mass is 309 g/mol. The van der Waals surface area contributed by atoms with E-state index in [1.807, 2.05) is 0 Å². The van der Waals surface area contributed by atoms with E-state index >= 15 is 0 Å². The van der Waals surface area contributed by atoms with Crippen LogP contribution in [0, 0.1) is 5.41 Å². The summed E-state index contributed by atoms with van der Waals surface area (Å²) >= 11 is 0. The molecular weight excluding hydrogens is 286 g/mol. The highest BCUT2D eigenvalue weighted by Crippen LogP contribution is 2.30. The van der Waals surface area contributed by atoms with Crippen molar-refractivity contribution in [3.63, 3.8) is 0 Å². The first-order valence-electron chi connectivity index (χ1n) is 7.77. The molecule has 1 atom stereocenters. The standard InChI is InChI=1S/C15H23N3O4/c1-3-5-11-16-12(22-17-11)6-4-7-13(19)18-9-8-15(2,10-18)14(20)21/h3-10H2,1-2H3,(H,20,21)/t15-/m0/s1. The molecule has 1 N–H and O–H groups in total.